The van der Waals surface area contributed by atoms with E-state index in [2.05, 4.69) is 5.32 Å². The molecular weight excluding hydrogens is 374 g/mol. The Kier molecular flexibility index (Phi) is 4.36. The second kappa shape index (κ2) is 7.01. The Morgan fingerprint density at radius 2 is 1.48 bits per heavy atom. The van der Waals surface area contributed by atoms with Crippen LogP contribution in [-0.2, 0) is 0 Å². The summed E-state index contributed by atoms with van der Waals surface area (Å²) in [5.41, 5.74) is 0.800. The number of para-hydroxylation sites is 2. The molecule has 4 rings (SSSR count). The first kappa shape index (κ1) is 18.1. The zero-order valence-electron chi connectivity index (χ0n) is 14.9. The first-order valence-electron chi connectivity index (χ1n) is 8.60. The van der Waals surface area contributed by atoms with E-state index in [4.69, 9.17) is 0 Å². The highest BCUT2D eigenvalue weighted by atomic mass is 16.6. The van der Waals surface area contributed by atoms with Gasteiger partial charge in [-0.3, -0.25) is 24.5 Å². The summed E-state index contributed by atoms with van der Waals surface area (Å²) >= 11 is 0. The standard InChI is InChI=1S/C21H13N3O5/c25-19(22-17-10-3-4-11-18(17)24(28)29)13-6-5-7-14(12-13)23-20(26)15-8-1-2-9-16(15)21(23)27/h1-12H,(H,22,25). The van der Waals surface area contributed by atoms with Crippen molar-refractivity contribution >= 4 is 34.8 Å². The predicted molar refractivity (Wildman–Crippen MR) is 105 cm³/mol. The van der Waals surface area contributed by atoms with Crippen molar-refractivity contribution in [2.75, 3.05) is 10.2 Å². The van der Waals surface area contributed by atoms with Crippen LogP contribution in [0.15, 0.2) is 72.8 Å². The number of carbonyl (C=O) groups excluding carboxylic acids is 3. The molecule has 0 unspecified atom stereocenters. The molecular formula is C21H13N3O5. The van der Waals surface area contributed by atoms with Crippen LogP contribution < -0.4 is 10.2 Å². The molecule has 0 bridgehead atoms. The first-order valence-corrected chi connectivity index (χ1v) is 8.60. The topological polar surface area (TPSA) is 110 Å². The molecule has 0 aromatic heterocycles. The van der Waals surface area contributed by atoms with Gasteiger partial charge in [-0.05, 0) is 36.4 Å². The van der Waals surface area contributed by atoms with Gasteiger partial charge in [0.1, 0.15) is 5.69 Å². The van der Waals surface area contributed by atoms with Crippen molar-refractivity contribution in [3.05, 3.63) is 99.6 Å². The number of hydrogen-bond acceptors (Lipinski definition) is 5. The molecule has 0 radical (unpaired) electrons. The molecule has 8 heteroatoms. The Hall–Kier alpha value is -4.33. The number of imide groups is 1. The molecule has 3 aromatic carbocycles. The van der Waals surface area contributed by atoms with E-state index in [9.17, 15) is 24.5 Å². The van der Waals surface area contributed by atoms with Gasteiger partial charge in [-0.15, -0.1) is 0 Å². The molecule has 142 valence electrons. The highest BCUT2D eigenvalue weighted by Gasteiger charge is 2.36. The van der Waals surface area contributed by atoms with E-state index in [-0.39, 0.29) is 22.6 Å². The summed E-state index contributed by atoms with van der Waals surface area (Å²) in [6.45, 7) is 0. The Morgan fingerprint density at radius 1 is 0.862 bits per heavy atom. The molecule has 1 aliphatic rings. The van der Waals surface area contributed by atoms with Gasteiger partial charge in [-0.2, -0.15) is 0 Å². The van der Waals surface area contributed by atoms with Crippen molar-refractivity contribution in [3.8, 4) is 0 Å². The minimum atomic E-state index is -0.599. The molecule has 0 saturated carbocycles. The number of nitrogens with zero attached hydrogens (tertiary/aromatic N) is 2. The lowest BCUT2D eigenvalue weighted by Crippen LogP contribution is -2.29. The number of nitro groups is 1. The third kappa shape index (κ3) is 3.12. The molecule has 3 aromatic rings. The highest BCUT2D eigenvalue weighted by Crippen LogP contribution is 2.29. The van der Waals surface area contributed by atoms with Crippen LogP contribution in [0.5, 0.6) is 0 Å². The Morgan fingerprint density at radius 3 is 2.14 bits per heavy atom. The molecule has 3 amide bonds. The molecule has 0 atom stereocenters. The van der Waals surface area contributed by atoms with Crippen LogP contribution >= 0.6 is 0 Å². The quantitative estimate of drug-likeness (QED) is 0.417. The summed E-state index contributed by atoms with van der Waals surface area (Å²) < 4.78 is 0. The molecule has 0 aliphatic carbocycles. The zero-order chi connectivity index (χ0) is 20.5. The third-order valence-corrected chi connectivity index (χ3v) is 4.51. The number of rotatable bonds is 4. The fraction of sp³-hybridized carbons (Fsp3) is 0. The van der Waals surface area contributed by atoms with Crippen LogP contribution in [0.1, 0.15) is 31.1 Å². The second-order valence-corrected chi connectivity index (χ2v) is 6.27. The second-order valence-electron chi connectivity index (χ2n) is 6.27. The van der Waals surface area contributed by atoms with Gasteiger partial charge in [0.05, 0.1) is 21.7 Å². The van der Waals surface area contributed by atoms with Gasteiger partial charge in [0.25, 0.3) is 23.4 Å². The average molecular weight is 387 g/mol. The summed E-state index contributed by atoms with van der Waals surface area (Å²) in [4.78, 5) is 49.4. The summed E-state index contributed by atoms with van der Waals surface area (Å²) in [7, 11) is 0. The predicted octanol–water partition coefficient (Wildman–Crippen LogP) is 3.65. The Labute approximate surface area is 164 Å². The molecule has 1 aliphatic heterocycles. The number of nitro benzene ring substituents is 1. The van der Waals surface area contributed by atoms with Crippen molar-refractivity contribution in [2.24, 2.45) is 0 Å². The Bertz CT molecular complexity index is 1150. The van der Waals surface area contributed by atoms with Crippen LogP contribution in [-0.4, -0.2) is 22.6 Å². The minimum absolute atomic E-state index is 0.0497. The van der Waals surface area contributed by atoms with E-state index in [0.29, 0.717) is 11.1 Å². The zero-order valence-corrected chi connectivity index (χ0v) is 14.9. The maximum Gasteiger partial charge on any atom is 0.292 e. The van der Waals surface area contributed by atoms with Crippen molar-refractivity contribution < 1.29 is 19.3 Å². The van der Waals surface area contributed by atoms with Crippen LogP contribution in [0.3, 0.4) is 0 Å². The average Bonchev–Trinajstić information content (AvgIpc) is 2.99. The summed E-state index contributed by atoms with van der Waals surface area (Å²) in [5.74, 6) is -1.54. The monoisotopic (exact) mass is 387 g/mol. The number of fused-ring (bicyclic) bond motifs is 1. The van der Waals surface area contributed by atoms with Gasteiger partial charge in [0.2, 0.25) is 0 Å². The SMILES string of the molecule is O=C(Nc1ccccc1[N+](=O)[O-])c1cccc(N2C(=O)c3ccccc3C2=O)c1. The molecule has 0 saturated heterocycles. The van der Waals surface area contributed by atoms with E-state index in [1.807, 2.05) is 0 Å². The summed E-state index contributed by atoms with van der Waals surface area (Å²) in [5, 5.41) is 13.6. The molecule has 0 spiro atoms. The summed E-state index contributed by atoms with van der Waals surface area (Å²) in [6, 6.07) is 18.2. The number of nitrogens with one attached hydrogen (secondary N) is 1. The van der Waals surface area contributed by atoms with Gasteiger partial charge in [-0.25, -0.2) is 4.90 Å². The van der Waals surface area contributed by atoms with E-state index < -0.39 is 22.6 Å². The lowest BCUT2D eigenvalue weighted by Gasteiger charge is -2.15. The van der Waals surface area contributed by atoms with Crippen LogP contribution in [0.25, 0.3) is 0 Å². The van der Waals surface area contributed by atoms with E-state index in [1.165, 1.54) is 36.4 Å². The van der Waals surface area contributed by atoms with Crippen LogP contribution in [0, 0.1) is 10.1 Å². The van der Waals surface area contributed by atoms with E-state index in [1.54, 1.807) is 36.4 Å². The lowest BCUT2D eigenvalue weighted by molar-refractivity contribution is -0.383. The van der Waals surface area contributed by atoms with Crippen molar-refractivity contribution in [3.63, 3.8) is 0 Å². The van der Waals surface area contributed by atoms with Crippen LogP contribution in [0.2, 0.25) is 0 Å². The van der Waals surface area contributed by atoms with Crippen LogP contribution in [0.4, 0.5) is 17.1 Å². The van der Waals surface area contributed by atoms with Crippen molar-refractivity contribution in [1.82, 2.24) is 0 Å². The normalized spacial score (nSPS) is 12.6. The smallest absolute Gasteiger partial charge is 0.292 e. The number of anilines is 2. The van der Waals surface area contributed by atoms with Gasteiger partial charge < -0.3 is 5.32 Å². The van der Waals surface area contributed by atoms with Crippen molar-refractivity contribution in [2.45, 2.75) is 0 Å². The van der Waals surface area contributed by atoms with Crippen molar-refractivity contribution in [1.29, 1.82) is 0 Å². The van der Waals surface area contributed by atoms with E-state index >= 15 is 0 Å². The highest BCUT2D eigenvalue weighted by molar-refractivity contribution is 6.34. The first-order chi connectivity index (χ1) is 14.0. The van der Waals surface area contributed by atoms with Gasteiger partial charge >= 0.3 is 0 Å². The molecule has 29 heavy (non-hydrogen) atoms. The Balaban J connectivity index is 1.64. The number of carbonyl (C=O) groups is 3. The fourth-order valence-corrected chi connectivity index (χ4v) is 3.14. The lowest BCUT2D eigenvalue weighted by atomic mass is 10.1. The van der Waals surface area contributed by atoms with Gasteiger partial charge in [-0.1, -0.05) is 30.3 Å². The maximum absolute atomic E-state index is 12.6. The number of benzene rings is 3. The molecule has 1 heterocycles. The molecule has 1 N–H and O–H groups in total. The van der Waals surface area contributed by atoms with Gasteiger partial charge in [0.15, 0.2) is 0 Å². The van der Waals surface area contributed by atoms with E-state index in [0.717, 1.165) is 4.90 Å². The number of amides is 3. The van der Waals surface area contributed by atoms with Gasteiger partial charge in [0, 0.05) is 11.6 Å². The largest absolute Gasteiger partial charge is 0.316 e. The fourth-order valence-electron chi connectivity index (χ4n) is 3.14. The summed E-state index contributed by atoms with van der Waals surface area (Å²) in [6.07, 6.45) is 0. The molecule has 0 fully saturated rings. The third-order valence-electron chi connectivity index (χ3n) is 4.51. The molecule has 8 nitrogen and oxygen atoms in total. The maximum atomic E-state index is 12.6. The number of hydrogen-bond donors (Lipinski definition) is 1. The minimum Gasteiger partial charge on any atom is -0.316 e.